The average Bonchev–Trinajstić information content (AvgIpc) is 2.81. The molecule has 1 fully saturated rings. The maximum absolute atomic E-state index is 12.4. The monoisotopic (exact) mass is 325 g/mol. The summed E-state index contributed by atoms with van der Waals surface area (Å²) in [5.74, 6) is 0.660. The Morgan fingerprint density at radius 2 is 2.11 bits per heavy atom. The summed E-state index contributed by atoms with van der Waals surface area (Å²) in [6.45, 7) is 8.27. The Labute approximate surface area is 122 Å². The van der Waals surface area contributed by atoms with Crippen LogP contribution >= 0.6 is 15.9 Å². The molecule has 104 valence electrons. The molecular formula is C15H20BrNO2. The quantitative estimate of drug-likeness (QED) is 0.855. The Morgan fingerprint density at radius 3 is 2.63 bits per heavy atom. The predicted octanol–water partition coefficient (Wildman–Crippen LogP) is 3.66. The minimum Gasteiger partial charge on any atom is -0.507 e. The smallest absolute Gasteiger partial charge is 0.253 e. The molecule has 1 saturated heterocycles. The third-order valence-corrected chi connectivity index (χ3v) is 4.56. The van der Waals surface area contributed by atoms with Gasteiger partial charge in [0, 0.05) is 18.7 Å². The number of halogens is 1. The van der Waals surface area contributed by atoms with Crippen LogP contribution in [0.3, 0.4) is 0 Å². The van der Waals surface area contributed by atoms with Crippen LogP contribution in [-0.4, -0.2) is 29.0 Å². The van der Waals surface area contributed by atoms with Crippen LogP contribution in [0.15, 0.2) is 22.7 Å². The van der Waals surface area contributed by atoms with Crippen molar-refractivity contribution in [1.82, 2.24) is 4.90 Å². The Balaban J connectivity index is 2.11. The number of benzene rings is 1. The van der Waals surface area contributed by atoms with Gasteiger partial charge in [-0.25, -0.2) is 0 Å². The van der Waals surface area contributed by atoms with E-state index in [9.17, 15) is 9.90 Å². The number of hydrogen-bond acceptors (Lipinski definition) is 2. The molecular weight excluding hydrogens is 306 g/mol. The molecule has 0 aliphatic carbocycles. The lowest BCUT2D eigenvalue weighted by Crippen LogP contribution is -2.31. The summed E-state index contributed by atoms with van der Waals surface area (Å²) in [7, 11) is 0. The van der Waals surface area contributed by atoms with Gasteiger partial charge in [0.05, 0.1) is 4.47 Å². The van der Waals surface area contributed by atoms with Crippen LogP contribution in [0.5, 0.6) is 5.75 Å². The van der Waals surface area contributed by atoms with E-state index in [4.69, 9.17) is 0 Å². The number of nitrogens with zero attached hydrogens (tertiary/aromatic N) is 1. The van der Waals surface area contributed by atoms with E-state index in [-0.39, 0.29) is 17.1 Å². The first-order chi connectivity index (χ1) is 8.79. The van der Waals surface area contributed by atoms with Crippen LogP contribution in [0.1, 0.15) is 37.6 Å². The van der Waals surface area contributed by atoms with Crippen molar-refractivity contribution in [2.45, 2.75) is 27.2 Å². The van der Waals surface area contributed by atoms with E-state index in [1.807, 2.05) is 4.90 Å². The zero-order valence-electron chi connectivity index (χ0n) is 11.6. The van der Waals surface area contributed by atoms with Crippen LogP contribution < -0.4 is 0 Å². The highest BCUT2D eigenvalue weighted by atomic mass is 79.9. The molecule has 0 saturated carbocycles. The minimum absolute atomic E-state index is 0.00884. The molecule has 1 aromatic carbocycles. The Morgan fingerprint density at radius 1 is 1.42 bits per heavy atom. The fourth-order valence-corrected chi connectivity index (χ4v) is 2.73. The van der Waals surface area contributed by atoms with Gasteiger partial charge < -0.3 is 10.0 Å². The van der Waals surface area contributed by atoms with Crippen molar-refractivity contribution in [2.24, 2.45) is 11.3 Å². The first-order valence-electron chi connectivity index (χ1n) is 6.57. The third-order valence-electron chi connectivity index (χ3n) is 3.89. The zero-order chi connectivity index (χ0) is 14.2. The van der Waals surface area contributed by atoms with E-state index in [1.165, 1.54) is 6.07 Å². The second kappa shape index (κ2) is 5.16. The summed E-state index contributed by atoms with van der Waals surface area (Å²) in [4.78, 5) is 14.3. The summed E-state index contributed by atoms with van der Waals surface area (Å²) in [5, 5.41) is 9.66. The van der Waals surface area contributed by atoms with Gasteiger partial charge in [0.2, 0.25) is 0 Å². The van der Waals surface area contributed by atoms with Crippen molar-refractivity contribution in [3.63, 3.8) is 0 Å². The van der Waals surface area contributed by atoms with Crippen molar-refractivity contribution < 1.29 is 9.90 Å². The van der Waals surface area contributed by atoms with Crippen LogP contribution in [-0.2, 0) is 0 Å². The number of amides is 1. The van der Waals surface area contributed by atoms with Crippen molar-refractivity contribution in [3.05, 3.63) is 28.2 Å². The molecule has 1 atom stereocenters. The van der Waals surface area contributed by atoms with Crippen LogP contribution in [0.4, 0.5) is 0 Å². The Bertz CT molecular complexity index is 493. The topological polar surface area (TPSA) is 40.5 Å². The van der Waals surface area contributed by atoms with Gasteiger partial charge in [0.25, 0.3) is 5.91 Å². The fraction of sp³-hybridized carbons (Fsp3) is 0.533. The van der Waals surface area contributed by atoms with E-state index < -0.39 is 0 Å². The molecule has 3 nitrogen and oxygen atoms in total. The van der Waals surface area contributed by atoms with Crippen LogP contribution in [0.25, 0.3) is 0 Å². The number of carbonyl (C=O) groups is 1. The number of hydrogen-bond donors (Lipinski definition) is 1. The van der Waals surface area contributed by atoms with E-state index in [0.717, 1.165) is 19.5 Å². The highest BCUT2D eigenvalue weighted by Gasteiger charge is 2.34. The normalized spacial score (nSPS) is 19.8. The Kier molecular flexibility index (Phi) is 3.90. The first-order valence-corrected chi connectivity index (χ1v) is 7.36. The molecule has 1 aliphatic rings. The standard InChI is InChI=1S/C15H20BrNO2/c1-15(2,3)11-6-7-17(9-11)14(19)10-4-5-12(16)13(18)8-10/h4-5,8,11,18H,6-7,9H2,1-3H3. The van der Waals surface area contributed by atoms with Gasteiger partial charge in [0.15, 0.2) is 0 Å². The molecule has 4 heteroatoms. The zero-order valence-corrected chi connectivity index (χ0v) is 13.2. The molecule has 0 radical (unpaired) electrons. The molecule has 1 amide bonds. The minimum atomic E-state index is 0.00884. The number of aromatic hydroxyl groups is 1. The maximum Gasteiger partial charge on any atom is 0.253 e. The number of likely N-dealkylation sites (tertiary alicyclic amines) is 1. The highest BCUT2D eigenvalue weighted by Crippen LogP contribution is 2.34. The SMILES string of the molecule is CC(C)(C)C1CCN(C(=O)c2ccc(Br)c(O)c2)C1. The lowest BCUT2D eigenvalue weighted by molar-refractivity contribution is 0.0776. The predicted molar refractivity (Wildman–Crippen MR) is 79.3 cm³/mol. The fourth-order valence-electron chi connectivity index (χ4n) is 2.48. The lowest BCUT2D eigenvalue weighted by Gasteiger charge is -2.27. The number of phenols is 1. The molecule has 1 unspecified atom stereocenters. The van der Waals surface area contributed by atoms with E-state index >= 15 is 0 Å². The lowest BCUT2D eigenvalue weighted by atomic mass is 9.80. The Hall–Kier alpha value is -1.03. The van der Waals surface area contributed by atoms with Crippen LogP contribution in [0.2, 0.25) is 0 Å². The molecule has 1 aromatic rings. The van der Waals surface area contributed by atoms with Gasteiger partial charge in [-0.3, -0.25) is 4.79 Å². The van der Waals surface area contributed by atoms with Gasteiger partial charge in [-0.05, 0) is 51.9 Å². The summed E-state index contributed by atoms with van der Waals surface area (Å²) < 4.78 is 0.609. The van der Waals surface area contributed by atoms with Crippen molar-refractivity contribution in [1.29, 1.82) is 0 Å². The molecule has 19 heavy (non-hydrogen) atoms. The van der Waals surface area contributed by atoms with Gasteiger partial charge in [-0.2, -0.15) is 0 Å². The average molecular weight is 326 g/mol. The molecule has 1 N–H and O–H groups in total. The molecule has 0 spiro atoms. The molecule has 0 bridgehead atoms. The maximum atomic E-state index is 12.4. The van der Waals surface area contributed by atoms with Gasteiger partial charge in [-0.15, -0.1) is 0 Å². The molecule has 2 rings (SSSR count). The van der Waals surface area contributed by atoms with Gasteiger partial charge in [-0.1, -0.05) is 20.8 Å². The van der Waals surface area contributed by atoms with Gasteiger partial charge in [0.1, 0.15) is 5.75 Å². The van der Waals surface area contributed by atoms with Crippen molar-refractivity contribution in [3.8, 4) is 5.75 Å². The number of phenolic OH excluding ortho intramolecular Hbond substituents is 1. The molecule has 1 aliphatic heterocycles. The van der Waals surface area contributed by atoms with E-state index in [2.05, 4.69) is 36.7 Å². The molecule has 1 heterocycles. The summed E-state index contributed by atoms with van der Waals surface area (Å²) in [6, 6.07) is 4.98. The summed E-state index contributed by atoms with van der Waals surface area (Å²) in [6.07, 6.45) is 1.05. The third kappa shape index (κ3) is 3.11. The summed E-state index contributed by atoms with van der Waals surface area (Å²) >= 11 is 3.22. The second-order valence-corrected chi connectivity index (χ2v) is 7.12. The van der Waals surface area contributed by atoms with Crippen molar-refractivity contribution in [2.75, 3.05) is 13.1 Å². The first kappa shape index (κ1) is 14.4. The number of carbonyl (C=O) groups excluding carboxylic acids is 1. The largest absolute Gasteiger partial charge is 0.507 e. The summed E-state index contributed by atoms with van der Waals surface area (Å²) in [5.41, 5.74) is 0.784. The highest BCUT2D eigenvalue weighted by molar-refractivity contribution is 9.10. The van der Waals surface area contributed by atoms with Crippen molar-refractivity contribution >= 4 is 21.8 Å². The van der Waals surface area contributed by atoms with Crippen LogP contribution in [0, 0.1) is 11.3 Å². The second-order valence-electron chi connectivity index (χ2n) is 6.27. The molecule has 0 aromatic heterocycles. The number of rotatable bonds is 1. The van der Waals surface area contributed by atoms with E-state index in [1.54, 1.807) is 12.1 Å². The van der Waals surface area contributed by atoms with Gasteiger partial charge >= 0.3 is 0 Å². The van der Waals surface area contributed by atoms with E-state index in [0.29, 0.717) is 16.0 Å².